The first-order valence-corrected chi connectivity index (χ1v) is 6.01. The molecule has 16 heavy (non-hydrogen) atoms. The first-order chi connectivity index (χ1) is 7.65. The molecule has 1 atom stereocenters. The van der Waals surface area contributed by atoms with Gasteiger partial charge in [-0.25, -0.2) is 9.78 Å². The molecule has 0 bridgehead atoms. The van der Waals surface area contributed by atoms with Gasteiger partial charge in [-0.2, -0.15) is 0 Å². The van der Waals surface area contributed by atoms with Crippen molar-refractivity contribution < 1.29 is 14.6 Å². The summed E-state index contributed by atoms with van der Waals surface area (Å²) in [5.74, 6) is -0.889. The van der Waals surface area contributed by atoms with Crippen molar-refractivity contribution in [1.29, 1.82) is 0 Å². The molecule has 1 aromatic heterocycles. The third kappa shape index (κ3) is 2.78. The topological polar surface area (TPSA) is 62.7 Å². The number of carbonyl (C=O) groups is 1. The summed E-state index contributed by atoms with van der Waals surface area (Å²) in [5.41, 5.74) is 1.02. The monoisotopic (exact) mass is 242 g/mol. The lowest BCUT2D eigenvalue weighted by atomic mass is 10.3. The molecule has 6 heteroatoms. The van der Waals surface area contributed by atoms with Gasteiger partial charge in [-0.15, -0.1) is 11.3 Å². The van der Waals surface area contributed by atoms with Crippen LogP contribution in [0.1, 0.15) is 10.7 Å². The van der Waals surface area contributed by atoms with Crippen molar-refractivity contribution in [1.82, 2.24) is 9.88 Å². The highest BCUT2D eigenvalue weighted by atomic mass is 32.1. The average Bonchev–Trinajstić information content (AvgIpc) is 2.64. The van der Waals surface area contributed by atoms with E-state index >= 15 is 0 Å². The predicted octanol–water partition coefficient (Wildman–Crippen LogP) is 0.737. The van der Waals surface area contributed by atoms with Crippen LogP contribution in [0, 0.1) is 6.92 Å². The molecule has 2 heterocycles. The predicted molar refractivity (Wildman–Crippen MR) is 59.5 cm³/mol. The quantitative estimate of drug-likeness (QED) is 0.847. The number of aromatic nitrogens is 1. The lowest BCUT2D eigenvalue weighted by molar-refractivity contribution is -0.156. The fourth-order valence-corrected chi connectivity index (χ4v) is 2.48. The number of carboxylic acids is 1. The molecule has 1 aliphatic heterocycles. The van der Waals surface area contributed by atoms with Crippen molar-refractivity contribution in [2.75, 3.05) is 19.7 Å². The molecule has 0 spiro atoms. The zero-order chi connectivity index (χ0) is 11.5. The van der Waals surface area contributed by atoms with Crippen molar-refractivity contribution in [3.8, 4) is 0 Å². The standard InChI is InChI=1S/C10H14N2O3S/c1-7-6-16-9(11-7)5-12-2-3-15-8(4-12)10(13)14/h6,8H,2-5H2,1H3,(H,13,14). The van der Waals surface area contributed by atoms with Crippen LogP contribution in [0.3, 0.4) is 0 Å². The van der Waals surface area contributed by atoms with E-state index in [0.29, 0.717) is 19.7 Å². The highest BCUT2D eigenvalue weighted by Gasteiger charge is 2.26. The second-order valence-electron chi connectivity index (χ2n) is 3.82. The van der Waals surface area contributed by atoms with Crippen LogP contribution in [0.15, 0.2) is 5.38 Å². The summed E-state index contributed by atoms with van der Waals surface area (Å²) >= 11 is 1.61. The molecule has 0 aliphatic carbocycles. The van der Waals surface area contributed by atoms with Crippen LogP contribution in [-0.4, -0.2) is 46.8 Å². The van der Waals surface area contributed by atoms with E-state index in [9.17, 15) is 4.79 Å². The van der Waals surface area contributed by atoms with Gasteiger partial charge >= 0.3 is 5.97 Å². The Balaban J connectivity index is 1.92. The summed E-state index contributed by atoms with van der Waals surface area (Å²) in [6.07, 6.45) is -0.699. The SMILES string of the molecule is Cc1csc(CN2CCOC(C(=O)O)C2)n1. The van der Waals surface area contributed by atoms with Gasteiger partial charge in [0.25, 0.3) is 0 Å². The van der Waals surface area contributed by atoms with E-state index in [1.165, 1.54) is 0 Å². The van der Waals surface area contributed by atoms with Crippen LogP contribution in [-0.2, 0) is 16.1 Å². The van der Waals surface area contributed by atoms with Crippen LogP contribution >= 0.6 is 11.3 Å². The number of aliphatic carboxylic acids is 1. The van der Waals surface area contributed by atoms with Gasteiger partial charge in [-0.05, 0) is 6.92 Å². The van der Waals surface area contributed by atoms with Gasteiger partial charge in [0.05, 0.1) is 13.2 Å². The number of aryl methyl sites for hydroxylation is 1. The van der Waals surface area contributed by atoms with Crippen LogP contribution in [0.5, 0.6) is 0 Å². The number of hydrogen-bond acceptors (Lipinski definition) is 5. The molecule has 2 rings (SSSR count). The number of carboxylic acid groups (broad SMARTS) is 1. The van der Waals surface area contributed by atoms with Crippen molar-refractivity contribution in [2.24, 2.45) is 0 Å². The van der Waals surface area contributed by atoms with Crippen molar-refractivity contribution in [2.45, 2.75) is 19.6 Å². The van der Waals surface area contributed by atoms with Crippen molar-refractivity contribution in [3.63, 3.8) is 0 Å². The van der Waals surface area contributed by atoms with Gasteiger partial charge in [0.1, 0.15) is 5.01 Å². The molecule has 1 fully saturated rings. The normalized spacial score (nSPS) is 22.2. The van der Waals surface area contributed by atoms with Gasteiger partial charge in [0.2, 0.25) is 0 Å². The highest BCUT2D eigenvalue weighted by molar-refractivity contribution is 7.09. The Bertz CT molecular complexity index is 380. The minimum Gasteiger partial charge on any atom is -0.479 e. The van der Waals surface area contributed by atoms with Crippen molar-refractivity contribution >= 4 is 17.3 Å². The smallest absolute Gasteiger partial charge is 0.334 e. The molecular formula is C10H14N2O3S. The van der Waals surface area contributed by atoms with Gasteiger partial charge < -0.3 is 9.84 Å². The Labute approximate surface area is 97.7 Å². The molecule has 0 radical (unpaired) electrons. The number of ether oxygens (including phenoxy) is 1. The summed E-state index contributed by atoms with van der Waals surface area (Å²) in [6, 6.07) is 0. The van der Waals surface area contributed by atoms with Gasteiger partial charge in [-0.1, -0.05) is 0 Å². The first-order valence-electron chi connectivity index (χ1n) is 5.13. The number of nitrogens with zero attached hydrogens (tertiary/aromatic N) is 2. The van der Waals surface area contributed by atoms with Gasteiger partial charge in [-0.3, -0.25) is 4.90 Å². The van der Waals surface area contributed by atoms with E-state index in [1.807, 2.05) is 12.3 Å². The Hall–Kier alpha value is -0.980. The second kappa shape index (κ2) is 4.90. The van der Waals surface area contributed by atoms with Crippen LogP contribution < -0.4 is 0 Å². The molecule has 1 saturated heterocycles. The lowest BCUT2D eigenvalue weighted by Crippen LogP contribution is -2.45. The number of thiazole rings is 1. The minimum absolute atomic E-state index is 0.438. The molecule has 1 aromatic rings. The summed E-state index contributed by atoms with van der Waals surface area (Å²) in [4.78, 5) is 17.2. The summed E-state index contributed by atoms with van der Waals surface area (Å²) < 4.78 is 5.15. The summed E-state index contributed by atoms with van der Waals surface area (Å²) in [7, 11) is 0. The molecule has 1 unspecified atom stereocenters. The molecule has 1 aliphatic rings. The van der Waals surface area contributed by atoms with Gasteiger partial charge in [0, 0.05) is 24.2 Å². The zero-order valence-corrected chi connectivity index (χ0v) is 9.87. The maximum absolute atomic E-state index is 10.8. The third-order valence-electron chi connectivity index (χ3n) is 2.45. The summed E-state index contributed by atoms with van der Waals surface area (Å²) in [5, 5.41) is 11.9. The van der Waals surface area contributed by atoms with E-state index in [4.69, 9.17) is 9.84 Å². The van der Waals surface area contributed by atoms with E-state index in [0.717, 1.165) is 17.2 Å². The highest BCUT2D eigenvalue weighted by Crippen LogP contribution is 2.14. The zero-order valence-electron chi connectivity index (χ0n) is 9.05. The molecule has 0 saturated carbocycles. The minimum atomic E-state index is -0.889. The largest absolute Gasteiger partial charge is 0.479 e. The maximum Gasteiger partial charge on any atom is 0.334 e. The maximum atomic E-state index is 10.8. The number of morpholine rings is 1. The summed E-state index contributed by atoms with van der Waals surface area (Å²) in [6.45, 7) is 4.35. The van der Waals surface area contributed by atoms with E-state index in [-0.39, 0.29) is 0 Å². The van der Waals surface area contributed by atoms with Crippen LogP contribution in [0.2, 0.25) is 0 Å². The molecule has 88 valence electrons. The van der Waals surface area contributed by atoms with Crippen LogP contribution in [0.25, 0.3) is 0 Å². The fraction of sp³-hybridized carbons (Fsp3) is 0.600. The first kappa shape index (κ1) is 11.5. The average molecular weight is 242 g/mol. The number of hydrogen-bond donors (Lipinski definition) is 1. The Morgan fingerprint density at radius 1 is 1.81 bits per heavy atom. The van der Waals surface area contributed by atoms with Gasteiger partial charge in [0.15, 0.2) is 6.10 Å². The Morgan fingerprint density at radius 2 is 2.62 bits per heavy atom. The lowest BCUT2D eigenvalue weighted by Gasteiger charge is -2.29. The molecule has 5 nitrogen and oxygen atoms in total. The third-order valence-corrected chi connectivity index (χ3v) is 3.40. The molecule has 0 aromatic carbocycles. The van der Waals surface area contributed by atoms with Crippen LogP contribution in [0.4, 0.5) is 0 Å². The van der Waals surface area contributed by atoms with E-state index in [2.05, 4.69) is 9.88 Å². The van der Waals surface area contributed by atoms with E-state index in [1.54, 1.807) is 11.3 Å². The Morgan fingerprint density at radius 3 is 3.25 bits per heavy atom. The van der Waals surface area contributed by atoms with E-state index < -0.39 is 12.1 Å². The second-order valence-corrected chi connectivity index (χ2v) is 4.76. The molecular weight excluding hydrogens is 228 g/mol. The number of rotatable bonds is 3. The molecule has 0 amide bonds. The Kier molecular flexibility index (Phi) is 3.52. The van der Waals surface area contributed by atoms with Crippen molar-refractivity contribution in [3.05, 3.63) is 16.1 Å². The molecule has 1 N–H and O–H groups in total. The fourth-order valence-electron chi connectivity index (χ4n) is 1.66.